The third-order valence-electron chi connectivity index (χ3n) is 2.83. The second-order valence-corrected chi connectivity index (χ2v) is 4.43. The number of hydrogen-bond donors (Lipinski definition) is 3. The third-order valence-corrected chi connectivity index (χ3v) is 3.23. The molecule has 0 radical (unpaired) electrons. The molecule has 0 fully saturated rings. The van der Waals surface area contributed by atoms with Crippen molar-refractivity contribution in [3.8, 4) is 11.1 Å². The molecule has 0 aliphatic carbocycles. The number of hydrogen-bond acceptors (Lipinski definition) is 3. The quantitative estimate of drug-likeness (QED) is 0.755. The molecule has 0 unspecified atom stereocenters. The highest BCUT2D eigenvalue weighted by molar-refractivity contribution is 6.37. The standard InChI is InChI=1S/C14H10ClNO4/c15-11-10(14(19)20)8(7-4-2-1-3-5-7)6-9(12(11)16)13(17)18/h1-6H,16H2,(H,17,18)(H,19,20). The van der Waals surface area contributed by atoms with E-state index >= 15 is 0 Å². The maximum absolute atomic E-state index is 11.4. The van der Waals surface area contributed by atoms with Gasteiger partial charge in [-0.3, -0.25) is 0 Å². The summed E-state index contributed by atoms with van der Waals surface area (Å²) in [5, 5.41) is 18.1. The molecule has 0 aromatic heterocycles. The van der Waals surface area contributed by atoms with Crippen LogP contribution in [-0.4, -0.2) is 22.2 Å². The zero-order valence-electron chi connectivity index (χ0n) is 10.1. The smallest absolute Gasteiger partial charge is 0.337 e. The number of nitrogens with two attached hydrogens (primary N) is 1. The van der Waals surface area contributed by atoms with Gasteiger partial charge in [0, 0.05) is 0 Å². The van der Waals surface area contributed by atoms with Crippen LogP contribution in [0.1, 0.15) is 20.7 Å². The summed E-state index contributed by atoms with van der Waals surface area (Å²) in [5.74, 6) is -2.53. The van der Waals surface area contributed by atoms with Crippen LogP contribution in [0.4, 0.5) is 5.69 Å². The Hall–Kier alpha value is -2.53. The van der Waals surface area contributed by atoms with E-state index in [-0.39, 0.29) is 27.4 Å². The number of aromatic carboxylic acids is 2. The average Bonchev–Trinajstić information content (AvgIpc) is 2.41. The maximum Gasteiger partial charge on any atom is 0.337 e. The summed E-state index contributed by atoms with van der Waals surface area (Å²) in [6.07, 6.45) is 0. The molecule has 0 aliphatic heterocycles. The topological polar surface area (TPSA) is 101 Å². The number of carbonyl (C=O) groups is 2. The molecule has 5 nitrogen and oxygen atoms in total. The van der Waals surface area contributed by atoms with Crippen molar-refractivity contribution in [3.63, 3.8) is 0 Å². The molecule has 2 rings (SSSR count). The van der Waals surface area contributed by atoms with Gasteiger partial charge in [0.1, 0.15) is 0 Å². The van der Waals surface area contributed by atoms with Gasteiger partial charge in [-0.2, -0.15) is 0 Å². The fourth-order valence-electron chi connectivity index (χ4n) is 1.90. The molecule has 0 saturated carbocycles. The Morgan fingerprint density at radius 2 is 1.65 bits per heavy atom. The molecule has 102 valence electrons. The van der Waals surface area contributed by atoms with Crippen LogP contribution in [0.5, 0.6) is 0 Å². The Labute approximate surface area is 119 Å². The van der Waals surface area contributed by atoms with Crippen molar-refractivity contribution in [2.24, 2.45) is 0 Å². The highest BCUT2D eigenvalue weighted by Crippen LogP contribution is 2.36. The van der Waals surface area contributed by atoms with Crippen molar-refractivity contribution < 1.29 is 19.8 Å². The molecule has 6 heteroatoms. The second kappa shape index (κ2) is 5.22. The van der Waals surface area contributed by atoms with E-state index in [1.54, 1.807) is 30.3 Å². The molecule has 4 N–H and O–H groups in total. The van der Waals surface area contributed by atoms with Crippen LogP contribution in [0.25, 0.3) is 11.1 Å². The van der Waals surface area contributed by atoms with Crippen LogP contribution < -0.4 is 5.73 Å². The van der Waals surface area contributed by atoms with Crippen LogP contribution in [0, 0.1) is 0 Å². The number of rotatable bonds is 3. The number of nitrogen functional groups attached to an aromatic ring is 1. The summed E-state index contributed by atoms with van der Waals surface area (Å²) < 4.78 is 0. The molecular weight excluding hydrogens is 282 g/mol. The van der Waals surface area contributed by atoms with Gasteiger partial charge in [0.2, 0.25) is 0 Å². The fourth-order valence-corrected chi connectivity index (χ4v) is 2.18. The van der Waals surface area contributed by atoms with Crippen molar-refractivity contribution in [2.75, 3.05) is 5.73 Å². The first kappa shape index (κ1) is 13.9. The van der Waals surface area contributed by atoms with Crippen LogP contribution in [0.3, 0.4) is 0 Å². The third kappa shape index (κ3) is 2.31. The zero-order chi connectivity index (χ0) is 14.9. The number of carboxylic acids is 2. The molecule has 0 saturated heterocycles. The molecule has 2 aromatic rings. The predicted octanol–water partition coefficient (Wildman–Crippen LogP) is 2.99. The molecule has 20 heavy (non-hydrogen) atoms. The first-order chi connectivity index (χ1) is 9.43. The lowest BCUT2D eigenvalue weighted by molar-refractivity contribution is 0.0683. The number of benzene rings is 2. The Balaban J connectivity index is 2.84. The summed E-state index contributed by atoms with van der Waals surface area (Å²) >= 11 is 5.92. The van der Waals surface area contributed by atoms with E-state index in [1.165, 1.54) is 6.07 Å². The summed E-state index contributed by atoms with van der Waals surface area (Å²) in [6.45, 7) is 0. The van der Waals surface area contributed by atoms with Gasteiger partial charge < -0.3 is 15.9 Å². The molecule has 0 heterocycles. The van der Waals surface area contributed by atoms with Crippen molar-refractivity contribution in [3.05, 3.63) is 52.5 Å². The Bertz CT molecular complexity index is 698. The molecular formula is C14H10ClNO4. The zero-order valence-corrected chi connectivity index (χ0v) is 10.9. The lowest BCUT2D eigenvalue weighted by Gasteiger charge is -2.13. The van der Waals surface area contributed by atoms with Gasteiger partial charge in [-0.15, -0.1) is 0 Å². The molecule has 0 spiro atoms. The van der Waals surface area contributed by atoms with Crippen molar-refractivity contribution in [1.82, 2.24) is 0 Å². The van der Waals surface area contributed by atoms with Gasteiger partial charge in [-0.25, -0.2) is 9.59 Å². The Morgan fingerprint density at radius 1 is 1.05 bits per heavy atom. The lowest BCUT2D eigenvalue weighted by atomic mass is 9.96. The molecule has 0 atom stereocenters. The Kier molecular flexibility index (Phi) is 3.63. The minimum absolute atomic E-state index is 0.208. The lowest BCUT2D eigenvalue weighted by Crippen LogP contribution is -2.09. The van der Waals surface area contributed by atoms with Gasteiger partial charge in [0.05, 0.1) is 21.8 Å². The maximum atomic E-state index is 11.4. The molecule has 0 bridgehead atoms. The Morgan fingerprint density at radius 3 is 2.15 bits per heavy atom. The van der Waals surface area contributed by atoms with Gasteiger partial charge in [0.15, 0.2) is 0 Å². The largest absolute Gasteiger partial charge is 0.478 e. The monoisotopic (exact) mass is 291 g/mol. The first-order valence-electron chi connectivity index (χ1n) is 5.57. The van der Waals surface area contributed by atoms with Gasteiger partial charge in [-0.05, 0) is 17.2 Å². The van der Waals surface area contributed by atoms with E-state index in [0.29, 0.717) is 5.56 Å². The van der Waals surface area contributed by atoms with Crippen molar-refractivity contribution in [2.45, 2.75) is 0 Å². The highest BCUT2D eigenvalue weighted by atomic mass is 35.5. The van der Waals surface area contributed by atoms with Gasteiger partial charge in [-0.1, -0.05) is 41.9 Å². The summed E-state index contributed by atoms with van der Waals surface area (Å²) in [4.78, 5) is 22.5. The summed E-state index contributed by atoms with van der Waals surface area (Å²) in [5.41, 5.74) is 5.68. The van der Waals surface area contributed by atoms with E-state index < -0.39 is 11.9 Å². The van der Waals surface area contributed by atoms with Crippen molar-refractivity contribution in [1.29, 1.82) is 0 Å². The molecule has 0 amide bonds. The van der Waals surface area contributed by atoms with Gasteiger partial charge >= 0.3 is 11.9 Å². The van der Waals surface area contributed by atoms with Crippen molar-refractivity contribution >= 4 is 29.2 Å². The van der Waals surface area contributed by atoms with Crippen LogP contribution in [0.15, 0.2) is 36.4 Å². The normalized spacial score (nSPS) is 10.2. The molecule has 2 aromatic carbocycles. The SMILES string of the molecule is Nc1c(C(=O)O)cc(-c2ccccc2)c(C(=O)O)c1Cl. The minimum Gasteiger partial charge on any atom is -0.478 e. The fraction of sp³-hybridized carbons (Fsp3) is 0. The average molecular weight is 292 g/mol. The van der Waals surface area contributed by atoms with E-state index in [1.807, 2.05) is 0 Å². The first-order valence-corrected chi connectivity index (χ1v) is 5.95. The van der Waals surface area contributed by atoms with Crippen LogP contribution >= 0.6 is 11.6 Å². The second-order valence-electron chi connectivity index (χ2n) is 4.05. The molecule has 0 aliphatic rings. The van der Waals surface area contributed by atoms with Gasteiger partial charge in [0.25, 0.3) is 0 Å². The number of halogens is 1. The number of carboxylic acid groups (broad SMARTS) is 2. The van der Waals surface area contributed by atoms with Crippen LogP contribution in [0.2, 0.25) is 5.02 Å². The van der Waals surface area contributed by atoms with E-state index in [9.17, 15) is 14.7 Å². The van der Waals surface area contributed by atoms with E-state index in [2.05, 4.69) is 0 Å². The number of anilines is 1. The predicted molar refractivity (Wildman–Crippen MR) is 75.2 cm³/mol. The van der Waals surface area contributed by atoms with E-state index in [4.69, 9.17) is 22.4 Å². The van der Waals surface area contributed by atoms with E-state index in [0.717, 1.165) is 0 Å². The van der Waals surface area contributed by atoms with Crippen LogP contribution in [-0.2, 0) is 0 Å². The summed E-state index contributed by atoms with van der Waals surface area (Å²) in [7, 11) is 0. The summed E-state index contributed by atoms with van der Waals surface area (Å²) in [6, 6.07) is 9.75. The highest BCUT2D eigenvalue weighted by Gasteiger charge is 2.23. The minimum atomic E-state index is -1.27.